The molecule has 0 radical (unpaired) electrons. The van der Waals surface area contributed by atoms with Crippen molar-refractivity contribution in [2.24, 2.45) is 17.4 Å². The van der Waals surface area contributed by atoms with Gasteiger partial charge in [0, 0.05) is 12.8 Å². The first-order chi connectivity index (χ1) is 18.2. The number of nitrogens with one attached hydrogen (secondary N) is 3. The Bertz CT molecular complexity index is 1030. The predicted molar refractivity (Wildman–Crippen MR) is 138 cm³/mol. The number of phenols is 1. The molecule has 4 amide bonds. The highest BCUT2D eigenvalue weighted by atomic mass is 16.4. The van der Waals surface area contributed by atoms with Gasteiger partial charge in [-0.15, -0.1) is 0 Å². The molecule has 0 aliphatic carbocycles. The maximum atomic E-state index is 13.1. The fourth-order valence-corrected chi connectivity index (χ4v) is 3.59. The molecule has 0 aliphatic rings. The summed E-state index contributed by atoms with van der Waals surface area (Å²) in [6, 6.07) is 0.926. The highest BCUT2D eigenvalue weighted by Gasteiger charge is 2.31. The topological polar surface area (TPSA) is 251 Å². The van der Waals surface area contributed by atoms with E-state index >= 15 is 0 Å². The van der Waals surface area contributed by atoms with Gasteiger partial charge in [0.15, 0.2) is 0 Å². The van der Waals surface area contributed by atoms with Gasteiger partial charge in [0.2, 0.25) is 23.6 Å². The zero-order valence-electron chi connectivity index (χ0n) is 21.9. The van der Waals surface area contributed by atoms with Gasteiger partial charge in [0.1, 0.15) is 23.9 Å². The molecule has 10 N–H and O–H groups in total. The number of phenolic OH excluding ortho intramolecular Hbond substituents is 1. The van der Waals surface area contributed by atoms with E-state index in [1.54, 1.807) is 26.0 Å². The fraction of sp³-hybridized carbons (Fsp3) is 0.520. The van der Waals surface area contributed by atoms with Crippen LogP contribution in [0.5, 0.6) is 5.75 Å². The number of hydrogen-bond donors (Lipinski definition) is 8. The largest absolute Gasteiger partial charge is 0.508 e. The summed E-state index contributed by atoms with van der Waals surface area (Å²) >= 11 is 0. The summed E-state index contributed by atoms with van der Waals surface area (Å²) in [6.07, 6.45) is -1.13. The number of aliphatic carboxylic acids is 2. The maximum absolute atomic E-state index is 13.1. The summed E-state index contributed by atoms with van der Waals surface area (Å²) in [7, 11) is 0. The lowest BCUT2D eigenvalue weighted by Crippen LogP contribution is -2.57. The average Bonchev–Trinajstić information content (AvgIpc) is 2.84. The van der Waals surface area contributed by atoms with Crippen molar-refractivity contribution in [3.05, 3.63) is 29.8 Å². The van der Waals surface area contributed by atoms with Gasteiger partial charge in [-0.05, 0) is 49.3 Å². The molecule has 14 nitrogen and oxygen atoms in total. The summed E-state index contributed by atoms with van der Waals surface area (Å²) in [5.74, 6) is -5.87. The van der Waals surface area contributed by atoms with Crippen molar-refractivity contribution in [3.63, 3.8) is 0 Å². The van der Waals surface area contributed by atoms with E-state index < -0.39 is 66.2 Å². The number of carbonyl (C=O) groups excluding carboxylic acids is 4. The van der Waals surface area contributed by atoms with Crippen molar-refractivity contribution in [3.8, 4) is 5.75 Å². The van der Waals surface area contributed by atoms with Gasteiger partial charge in [0.25, 0.3) is 0 Å². The van der Waals surface area contributed by atoms with E-state index in [-0.39, 0.29) is 43.8 Å². The first kappa shape index (κ1) is 32.8. The number of benzene rings is 1. The molecule has 1 aromatic carbocycles. The zero-order chi connectivity index (χ0) is 29.7. The molecule has 1 rings (SSSR count). The number of carboxylic acids is 2. The Hall–Kier alpha value is -4.20. The lowest BCUT2D eigenvalue weighted by Gasteiger charge is -2.26. The third-order valence-corrected chi connectivity index (χ3v) is 5.64. The standard InChI is InChI=1S/C25H37N5O9/c1-13(2)11-19(24(37)29-18(25(38)39)8-10-21(33)34)30-23(36)17(7-9-20(27)32)28-22(35)16(26)12-14-3-5-15(31)6-4-14/h3-6,13,16-19,31H,7-12,26H2,1-2H3,(H2,27,32)(H,28,35)(H,29,37)(H,30,36)(H,33,34)(H,38,39)/t16-,17-,18-,19-/m0/s1. The van der Waals surface area contributed by atoms with Crippen LogP contribution in [0.15, 0.2) is 24.3 Å². The van der Waals surface area contributed by atoms with Crippen LogP contribution in [0.2, 0.25) is 0 Å². The van der Waals surface area contributed by atoms with Crippen molar-refractivity contribution in [1.29, 1.82) is 0 Å². The number of nitrogens with two attached hydrogens (primary N) is 2. The lowest BCUT2D eigenvalue weighted by atomic mass is 10.0. The molecule has 0 saturated heterocycles. The molecular formula is C25H37N5O9. The molecule has 0 saturated carbocycles. The normalized spacial score (nSPS) is 13.9. The van der Waals surface area contributed by atoms with E-state index in [9.17, 15) is 39.0 Å². The van der Waals surface area contributed by atoms with Crippen molar-refractivity contribution in [2.75, 3.05) is 0 Å². The molecule has 0 fully saturated rings. The first-order valence-electron chi connectivity index (χ1n) is 12.4. The van der Waals surface area contributed by atoms with Gasteiger partial charge in [-0.1, -0.05) is 26.0 Å². The van der Waals surface area contributed by atoms with E-state index in [4.69, 9.17) is 16.6 Å². The molecule has 0 bridgehead atoms. The minimum atomic E-state index is -1.50. The second kappa shape index (κ2) is 15.9. The molecule has 1 aromatic rings. The van der Waals surface area contributed by atoms with Crippen LogP contribution < -0.4 is 27.4 Å². The van der Waals surface area contributed by atoms with E-state index in [1.807, 2.05) is 0 Å². The monoisotopic (exact) mass is 551 g/mol. The quantitative estimate of drug-likeness (QED) is 0.117. The Morgan fingerprint density at radius 2 is 1.31 bits per heavy atom. The Balaban J connectivity index is 3.00. The molecule has 0 aromatic heterocycles. The van der Waals surface area contributed by atoms with Crippen molar-refractivity contribution in [1.82, 2.24) is 16.0 Å². The summed E-state index contributed by atoms with van der Waals surface area (Å²) in [5.41, 5.74) is 11.8. The number of rotatable bonds is 17. The molecule has 0 unspecified atom stereocenters. The number of hydrogen-bond acceptors (Lipinski definition) is 8. The van der Waals surface area contributed by atoms with Crippen molar-refractivity contribution >= 4 is 35.6 Å². The molecule has 216 valence electrons. The molecule has 39 heavy (non-hydrogen) atoms. The van der Waals surface area contributed by atoms with E-state index in [2.05, 4.69) is 16.0 Å². The van der Waals surface area contributed by atoms with Crippen LogP contribution in [0.3, 0.4) is 0 Å². The summed E-state index contributed by atoms with van der Waals surface area (Å²) in [5, 5.41) is 34.8. The molecular weight excluding hydrogens is 514 g/mol. The number of carbonyl (C=O) groups is 6. The third kappa shape index (κ3) is 12.7. The van der Waals surface area contributed by atoms with Gasteiger partial charge >= 0.3 is 11.9 Å². The third-order valence-electron chi connectivity index (χ3n) is 5.64. The second-order valence-corrected chi connectivity index (χ2v) is 9.57. The minimum absolute atomic E-state index is 0.0384. The average molecular weight is 552 g/mol. The molecule has 0 spiro atoms. The second-order valence-electron chi connectivity index (χ2n) is 9.57. The highest BCUT2D eigenvalue weighted by molar-refractivity contribution is 5.94. The fourth-order valence-electron chi connectivity index (χ4n) is 3.59. The van der Waals surface area contributed by atoms with Gasteiger partial charge in [0.05, 0.1) is 6.04 Å². The predicted octanol–water partition coefficient (Wildman–Crippen LogP) is -1.02. The van der Waals surface area contributed by atoms with E-state index in [1.165, 1.54) is 12.1 Å². The summed E-state index contributed by atoms with van der Waals surface area (Å²) in [4.78, 5) is 72.4. The van der Waals surface area contributed by atoms with Gasteiger partial charge < -0.3 is 42.7 Å². The van der Waals surface area contributed by atoms with Crippen LogP contribution in [-0.4, -0.2) is 75.1 Å². The number of primary amides is 1. The Morgan fingerprint density at radius 1 is 0.795 bits per heavy atom. The van der Waals surface area contributed by atoms with E-state index in [0.29, 0.717) is 5.56 Å². The van der Waals surface area contributed by atoms with Crippen LogP contribution in [0.4, 0.5) is 0 Å². The van der Waals surface area contributed by atoms with Gasteiger partial charge in [-0.25, -0.2) is 4.79 Å². The smallest absolute Gasteiger partial charge is 0.326 e. The van der Waals surface area contributed by atoms with Crippen molar-refractivity contribution < 1.29 is 44.1 Å². The first-order valence-corrected chi connectivity index (χ1v) is 12.4. The molecule has 0 aliphatic heterocycles. The van der Waals surface area contributed by atoms with E-state index in [0.717, 1.165) is 0 Å². The number of amides is 4. The Kier molecular flexibility index (Phi) is 13.4. The number of carboxylic acid groups (broad SMARTS) is 2. The molecule has 14 heteroatoms. The molecule has 0 heterocycles. The minimum Gasteiger partial charge on any atom is -0.508 e. The van der Waals surface area contributed by atoms with Crippen LogP contribution in [0.25, 0.3) is 0 Å². The van der Waals surface area contributed by atoms with Crippen LogP contribution >= 0.6 is 0 Å². The Morgan fingerprint density at radius 3 is 1.82 bits per heavy atom. The number of aromatic hydroxyl groups is 1. The SMILES string of the molecule is CC(C)C[C@H](NC(=O)[C@H](CCC(N)=O)NC(=O)[C@@H](N)Cc1ccc(O)cc1)C(=O)N[C@@H](CCC(=O)O)C(=O)O. The van der Waals surface area contributed by atoms with Crippen LogP contribution in [-0.2, 0) is 35.2 Å². The molecule has 4 atom stereocenters. The summed E-state index contributed by atoms with van der Waals surface area (Å²) in [6.45, 7) is 3.53. The maximum Gasteiger partial charge on any atom is 0.326 e. The van der Waals surface area contributed by atoms with Gasteiger partial charge in [-0.2, -0.15) is 0 Å². The van der Waals surface area contributed by atoms with Crippen LogP contribution in [0, 0.1) is 5.92 Å². The highest BCUT2D eigenvalue weighted by Crippen LogP contribution is 2.12. The Labute approximate surface area is 225 Å². The summed E-state index contributed by atoms with van der Waals surface area (Å²) < 4.78 is 0. The lowest BCUT2D eigenvalue weighted by molar-refractivity contribution is -0.143. The van der Waals surface area contributed by atoms with Gasteiger partial charge in [-0.3, -0.25) is 24.0 Å². The zero-order valence-corrected chi connectivity index (χ0v) is 21.9. The van der Waals surface area contributed by atoms with Crippen LogP contribution in [0.1, 0.15) is 51.5 Å². The van der Waals surface area contributed by atoms with Crippen molar-refractivity contribution in [2.45, 2.75) is 76.5 Å².